The average Bonchev–Trinajstić information content (AvgIpc) is 1.76. The second kappa shape index (κ2) is 6.61. The van der Waals surface area contributed by atoms with Crippen molar-refractivity contribution in [1.29, 1.82) is 0 Å². The first kappa shape index (κ1) is 10.6. The zero-order valence-corrected chi connectivity index (χ0v) is 8.26. The van der Waals surface area contributed by atoms with Gasteiger partial charge in [0.15, 0.2) is 0 Å². The minimum atomic E-state index is 0. The summed E-state index contributed by atoms with van der Waals surface area (Å²) < 4.78 is 0. The van der Waals surface area contributed by atoms with E-state index in [4.69, 9.17) is 0 Å². The Balaban J connectivity index is 0. The van der Waals surface area contributed by atoms with Crippen molar-refractivity contribution in [3.8, 4) is 0 Å². The Labute approximate surface area is 66.1 Å². The zero-order chi connectivity index (χ0) is 3.54. The van der Waals surface area contributed by atoms with Gasteiger partial charge in [0.1, 0.15) is 0 Å². The normalized spacial score (nSPS) is 5.71. The predicted octanol–water partition coefficient (Wildman–Crippen LogP) is -1.45. The summed E-state index contributed by atoms with van der Waals surface area (Å²) in [6, 6.07) is 3.86. The van der Waals surface area contributed by atoms with Crippen molar-refractivity contribution in [1.82, 2.24) is 0 Å². The maximum atomic E-state index is 2.90. The molecule has 1 rings (SSSR count). The molecule has 35 valence electrons. The Bertz CT molecular complexity index is 68.2. The molecule has 0 amide bonds. The van der Waals surface area contributed by atoms with Gasteiger partial charge in [-0.15, -0.1) is 11.3 Å². The number of hydrogen-bond acceptors (Lipinski definition) is 1. The smallest absolute Gasteiger partial charge is 0.0442 e. The third-order valence-electron chi connectivity index (χ3n) is 0.379. The first-order valence-electron chi connectivity index (χ1n) is 1.40. The third kappa shape index (κ3) is 4.47. The van der Waals surface area contributed by atoms with Crippen molar-refractivity contribution in [3.63, 3.8) is 0 Å². The van der Waals surface area contributed by atoms with Crippen molar-refractivity contribution in [2.24, 2.45) is 0 Å². The molecule has 0 bridgehead atoms. The Hall–Kier alpha value is 0.613. The second-order valence-electron chi connectivity index (χ2n) is 0.731. The largest absolute Gasteiger partial charge is 1.00 e. The van der Waals surface area contributed by atoms with Crippen LogP contribution in [-0.4, -0.2) is 0 Å². The summed E-state index contributed by atoms with van der Waals surface area (Å²) in [6.07, 6.45) is 0. The second-order valence-corrected chi connectivity index (χ2v) is 1.47. The molecule has 0 saturated carbocycles. The Morgan fingerprint density at radius 2 is 2.14 bits per heavy atom. The minimum absolute atomic E-state index is 0. The van der Waals surface area contributed by atoms with Crippen LogP contribution in [0.15, 0.2) is 17.5 Å². The summed E-state index contributed by atoms with van der Waals surface area (Å²) in [6.45, 7) is 0. The predicted molar refractivity (Wildman–Crippen MR) is 23.2 cm³/mol. The molecule has 0 aromatic carbocycles. The average molecular weight is 184 g/mol. The number of rotatable bonds is 0. The van der Waals surface area contributed by atoms with Gasteiger partial charge < -0.3 is 12.4 Å². The van der Waals surface area contributed by atoms with Crippen LogP contribution in [0, 0.1) is 5.38 Å². The van der Waals surface area contributed by atoms with Crippen LogP contribution in [0.5, 0.6) is 0 Å². The summed E-state index contributed by atoms with van der Waals surface area (Å²) in [5, 5.41) is 4.89. The van der Waals surface area contributed by atoms with Crippen LogP contribution >= 0.6 is 11.3 Å². The Morgan fingerprint density at radius 3 is 2.29 bits per heavy atom. The molecular weight excluding hydrogens is 181 g/mol. The number of halogens is 1. The Kier molecular flexibility index (Phi) is 9.98. The van der Waals surface area contributed by atoms with Gasteiger partial charge in [-0.1, -0.05) is 6.07 Å². The molecule has 3 heteroatoms. The van der Waals surface area contributed by atoms with Crippen LogP contribution < -0.4 is 12.4 Å². The Morgan fingerprint density at radius 1 is 1.43 bits per heavy atom. The van der Waals surface area contributed by atoms with Gasteiger partial charge in [0.05, 0.1) is 0 Å². The molecule has 0 aliphatic rings. The molecule has 0 aliphatic heterocycles. The molecule has 1 heterocycles. The summed E-state index contributed by atoms with van der Waals surface area (Å²) in [4.78, 5) is 0. The van der Waals surface area contributed by atoms with E-state index in [1.54, 1.807) is 11.3 Å². The van der Waals surface area contributed by atoms with Crippen LogP contribution in [0.3, 0.4) is 0 Å². The summed E-state index contributed by atoms with van der Waals surface area (Å²) in [5.41, 5.74) is 0. The van der Waals surface area contributed by atoms with Crippen LogP contribution in [-0.2, 0) is 19.5 Å². The zero-order valence-electron chi connectivity index (χ0n) is 3.73. The maximum absolute atomic E-state index is 2.90. The van der Waals surface area contributed by atoms with Crippen LogP contribution in [0.1, 0.15) is 0 Å². The quantitative estimate of drug-likeness (QED) is 0.433. The molecule has 0 spiro atoms. The van der Waals surface area contributed by atoms with Gasteiger partial charge in [-0.05, 0) is 11.4 Å². The van der Waals surface area contributed by atoms with E-state index < -0.39 is 0 Å². The minimum Gasteiger partial charge on any atom is -1.00 e. The van der Waals surface area contributed by atoms with Gasteiger partial charge in [-0.2, -0.15) is 0 Å². The van der Waals surface area contributed by atoms with Gasteiger partial charge >= 0.3 is 0 Å². The molecule has 0 nitrogen and oxygen atoms in total. The fraction of sp³-hybridized carbons (Fsp3) is 0. The van der Waals surface area contributed by atoms with Crippen molar-refractivity contribution in [3.05, 3.63) is 22.9 Å². The van der Waals surface area contributed by atoms with E-state index in [0.29, 0.717) is 0 Å². The van der Waals surface area contributed by atoms with Crippen LogP contribution in [0.25, 0.3) is 0 Å². The SMILES string of the molecule is [Cl-].[Zn].[c]1cccs1. The topological polar surface area (TPSA) is 0 Å². The maximum Gasteiger partial charge on any atom is 0.0442 e. The van der Waals surface area contributed by atoms with E-state index in [0.717, 1.165) is 0 Å². The van der Waals surface area contributed by atoms with E-state index in [9.17, 15) is 0 Å². The molecule has 0 N–H and O–H groups in total. The molecule has 7 heavy (non-hydrogen) atoms. The van der Waals surface area contributed by atoms with E-state index in [1.807, 2.05) is 17.5 Å². The van der Waals surface area contributed by atoms with E-state index in [-0.39, 0.29) is 31.9 Å². The molecule has 0 atom stereocenters. The van der Waals surface area contributed by atoms with Crippen molar-refractivity contribution >= 4 is 11.3 Å². The molecular formula is C4H3ClSZn-. The monoisotopic (exact) mass is 182 g/mol. The van der Waals surface area contributed by atoms with E-state index >= 15 is 0 Å². The van der Waals surface area contributed by atoms with Gasteiger partial charge in [-0.25, -0.2) is 0 Å². The first-order chi connectivity index (χ1) is 2.50. The van der Waals surface area contributed by atoms with Gasteiger partial charge in [0.2, 0.25) is 0 Å². The number of thiophene rings is 1. The molecule has 1 aromatic heterocycles. The fourth-order valence-electron chi connectivity index (χ4n) is 0.196. The summed E-state index contributed by atoms with van der Waals surface area (Å²) >= 11 is 1.59. The van der Waals surface area contributed by atoms with E-state index in [2.05, 4.69) is 5.38 Å². The summed E-state index contributed by atoms with van der Waals surface area (Å²) in [7, 11) is 0. The molecule has 0 aliphatic carbocycles. The molecule has 1 radical (unpaired) electrons. The van der Waals surface area contributed by atoms with Gasteiger partial charge in [0, 0.05) is 24.9 Å². The van der Waals surface area contributed by atoms with Crippen LogP contribution in [0.2, 0.25) is 0 Å². The molecule has 0 saturated heterocycles. The molecule has 1 aromatic rings. The van der Waals surface area contributed by atoms with Crippen molar-refractivity contribution in [2.75, 3.05) is 0 Å². The standard InChI is InChI=1S/C4H3S.ClH.Zn/c1-2-4-5-3-1;;/h1-3H;1H;/p-1. The van der Waals surface area contributed by atoms with Gasteiger partial charge in [-0.3, -0.25) is 0 Å². The molecule has 0 unspecified atom stereocenters. The van der Waals surface area contributed by atoms with Crippen LogP contribution in [0.4, 0.5) is 0 Å². The van der Waals surface area contributed by atoms with Gasteiger partial charge in [0.25, 0.3) is 0 Å². The summed E-state index contributed by atoms with van der Waals surface area (Å²) in [5.74, 6) is 0. The fourth-order valence-corrected chi connectivity index (χ4v) is 0.589. The van der Waals surface area contributed by atoms with E-state index in [1.165, 1.54) is 0 Å². The molecule has 0 fully saturated rings. The number of hydrogen-bond donors (Lipinski definition) is 0. The first-order valence-corrected chi connectivity index (χ1v) is 2.27. The van der Waals surface area contributed by atoms with Crippen molar-refractivity contribution in [2.45, 2.75) is 0 Å². The van der Waals surface area contributed by atoms with Crippen molar-refractivity contribution < 1.29 is 31.9 Å². The third-order valence-corrected chi connectivity index (χ3v) is 0.944.